The second kappa shape index (κ2) is 5.68. The largest absolute Gasteiger partial charge is 0.459 e. The van der Waals surface area contributed by atoms with Crippen LogP contribution in [0.1, 0.15) is 17.2 Å². The van der Waals surface area contributed by atoms with Crippen LogP contribution in [0, 0.1) is 0 Å². The van der Waals surface area contributed by atoms with Gasteiger partial charge in [0.2, 0.25) is 0 Å². The molecular weight excluding hydrogens is 298 g/mol. The highest BCUT2D eigenvalue weighted by molar-refractivity contribution is 9.10. The number of rotatable bonds is 5. The molecule has 0 aliphatic heterocycles. The maximum atomic E-state index is 10.6. The summed E-state index contributed by atoms with van der Waals surface area (Å²) in [4.78, 5) is 10.6. The number of anilines is 1. The van der Waals surface area contributed by atoms with Gasteiger partial charge in [0.15, 0.2) is 0 Å². The number of nitrogens with one attached hydrogen (secondary N) is 1. The molecule has 0 amide bonds. The molecule has 2 rings (SSSR count). The molecule has 1 aromatic carbocycles. The predicted octanol–water partition coefficient (Wildman–Crippen LogP) is 2.21. The van der Waals surface area contributed by atoms with Crippen molar-refractivity contribution < 1.29 is 9.53 Å². The normalized spacial score (nSPS) is 12.1. The molecule has 5 nitrogen and oxygen atoms in total. The van der Waals surface area contributed by atoms with E-state index in [0.717, 1.165) is 15.6 Å². The Bertz CT molecular complexity index is 524. The number of benzene rings is 1. The van der Waals surface area contributed by atoms with Crippen LogP contribution in [0.4, 0.5) is 5.82 Å². The molecule has 0 fully saturated rings. The van der Waals surface area contributed by atoms with Gasteiger partial charge in [0.1, 0.15) is 11.9 Å². The van der Waals surface area contributed by atoms with Crippen LogP contribution >= 0.6 is 15.9 Å². The lowest BCUT2D eigenvalue weighted by Gasteiger charge is -2.15. The summed E-state index contributed by atoms with van der Waals surface area (Å²) in [6.07, 6.45) is 1.76. The molecule has 0 bridgehead atoms. The van der Waals surface area contributed by atoms with Crippen molar-refractivity contribution in [1.82, 2.24) is 10.2 Å². The van der Waals surface area contributed by atoms with E-state index in [1.165, 1.54) is 0 Å². The van der Waals surface area contributed by atoms with E-state index in [9.17, 15) is 4.79 Å². The maximum Gasteiger partial charge on any atom is 0.293 e. The fourth-order valence-corrected chi connectivity index (χ4v) is 1.94. The zero-order chi connectivity index (χ0) is 13.0. The highest BCUT2D eigenvalue weighted by atomic mass is 79.9. The Morgan fingerprint density at radius 1 is 1.44 bits per heavy atom. The van der Waals surface area contributed by atoms with Gasteiger partial charge in [-0.1, -0.05) is 28.1 Å². The van der Waals surface area contributed by atoms with Gasteiger partial charge in [-0.05, 0) is 17.7 Å². The molecule has 6 heteroatoms. The minimum Gasteiger partial charge on any atom is -0.459 e. The molecule has 0 radical (unpaired) electrons. The van der Waals surface area contributed by atoms with Crippen LogP contribution < -0.4 is 5.73 Å². The van der Waals surface area contributed by atoms with Gasteiger partial charge < -0.3 is 10.5 Å². The first-order valence-electron chi connectivity index (χ1n) is 5.33. The summed E-state index contributed by atoms with van der Waals surface area (Å²) in [6, 6.07) is 7.59. The lowest BCUT2D eigenvalue weighted by atomic mass is 10.0. The number of aromatic nitrogens is 2. The van der Waals surface area contributed by atoms with Crippen molar-refractivity contribution in [1.29, 1.82) is 0 Å². The van der Waals surface area contributed by atoms with Crippen molar-refractivity contribution in [3.8, 4) is 0 Å². The van der Waals surface area contributed by atoms with Crippen LogP contribution in [0.2, 0.25) is 0 Å². The van der Waals surface area contributed by atoms with Gasteiger partial charge in [0, 0.05) is 16.5 Å². The summed E-state index contributed by atoms with van der Waals surface area (Å²) in [5.41, 5.74) is 7.45. The fourth-order valence-electron chi connectivity index (χ4n) is 1.67. The summed E-state index contributed by atoms with van der Waals surface area (Å²) >= 11 is 3.36. The fraction of sp³-hybridized carbons (Fsp3) is 0.167. The standard InChI is InChI=1S/C12H12BrN3O2/c13-10-3-1-8(2-4-10)11(18-7-17)5-9-6-15-16-12(9)14/h1-4,6-7,11H,5H2,(H3,14,15,16). The average molecular weight is 310 g/mol. The number of carbonyl (C=O) groups is 1. The Balaban J connectivity index is 2.20. The smallest absolute Gasteiger partial charge is 0.293 e. The van der Waals surface area contributed by atoms with E-state index in [1.54, 1.807) is 6.20 Å². The van der Waals surface area contributed by atoms with Crippen LogP contribution in [0.5, 0.6) is 0 Å². The SMILES string of the molecule is Nc1[nH]ncc1CC(OC=O)c1ccc(Br)cc1. The van der Waals surface area contributed by atoms with Crippen LogP contribution in [-0.2, 0) is 16.0 Å². The van der Waals surface area contributed by atoms with E-state index in [1.807, 2.05) is 24.3 Å². The lowest BCUT2D eigenvalue weighted by molar-refractivity contribution is -0.133. The quantitative estimate of drug-likeness (QED) is 0.830. The number of nitrogen functional groups attached to an aromatic ring is 1. The summed E-state index contributed by atoms with van der Waals surface area (Å²) in [6.45, 7) is 0.447. The molecule has 1 aromatic heterocycles. The third kappa shape index (κ3) is 2.89. The van der Waals surface area contributed by atoms with Crippen molar-refractivity contribution in [3.63, 3.8) is 0 Å². The third-order valence-corrected chi connectivity index (χ3v) is 3.15. The van der Waals surface area contributed by atoms with E-state index < -0.39 is 0 Å². The molecule has 1 heterocycles. The van der Waals surface area contributed by atoms with Crippen molar-refractivity contribution in [2.24, 2.45) is 0 Å². The first kappa shape index (κ1) is 12.6. The Morgan fingerprint density at radius 3 is 2.72 bits per heavy atom. The van der Waals surface area contributed by atoms with Gasteiger partial charge in [0.05, 0.1) is 6.20 Å². The zero-order valence-electron chi connectivity index (χ0n) is 9.47. The number of hydrogen-bond acceptors (Lipinski definition) is 4. The van der Waals surface area contributed by atoms with E-state index in [-0.39, 0.29) is 6.10 Å². The van der Waals surface area contributed by atoms with Crippen LogP contribution in [0.15, 0.2) is 34.9 Å². The molecule has 0 spiro atoms. The number of carbonyl (C=O) groups excluding carboxylic acids is 1. The Hall–Kier alpha value is -1.82. The molecule has 3 N–H and O–H groups in total. The van der Waals surface area contributed by atoms with Crippen molar-refractivity contribution in [2.75, 3.05) is 5.73 Å². The Kier molecular flexibility index (Phi) is 3.99. The van der Waals surface area contributed by atoms with Crippen molar-refractivity contribution in [3.05, 3.63) is 46.1 Å². The molecule has 1 unspecified atom stereocenters. The topological polar surface area (TPSA) is 81.0 Å². The molecule has 94 valence electrons. The molecule has 0 aliphatic rings. The maximum absolute atomic E-state index is 10.6. The van der Waals surface area contributed by atoms with Gasteiger partial charge >= 0.3 is 0 Å². The Labute approximate surface area is 112 Å². The minimum atomic E-state index is -0.365. The van der Waals surface area contributed by atoms with Gasteiger partial charge in [0.25, 0.3) is 6.47 Å². The molecular formula is C12H12BrN3O2. The van der Waals surface area contributed by atoms with E-state index in [2.05, 4.69) is 26.1 Å². The summed E-state index contributed by atoms with van der Waals surface area (Å²) < 4.78 is 6.07. The van der Waals surface area contributed by atoms with E-state index in [4.69, 9.17) is 10.5 Å². The molecule has 2 aromatic rings. The number of aromatic amines is 1. The van der Waals surface area contributed by atoms with Gasteiger partial charge in [-0.25, -0.2) is 0 Å². The first-order valence-corrected chi connectivity index (χ1v) is 6.12. The predicted molar refractivity (Wildman–Crippen MR) is 70.7 cm³/mol. The second-order valence-electron chi connectivity index (χ2n) is 3.79. The zero-order valence-corrected chi connectivity index (χ0v) is 11.1. The van der Waals surface area contributed by atoms with E-state index in [0.29, 0.717) is 18.7 Å². The van der Waals surface area contributed by atoms with Crippen molar-refractivity contribution >= 4 is 28.2 Å². The highest BCUT2D eigenvalue weighted by Crippen LogP contribution is 2.24. The highest BCUT2D eigenvalue weighted by Gasteiger charge is 2.15. The molecule has 0 aliphatic carbocycles. The average Bonchev–Trinajstić information content (AvgIpc) is 2.76. The van der Waals surface area contributed by atoms with Gasteiger partial charge in [-0.3, -0.25) is 9.89 Å². The lowest BCUT2D eigenvalue weighted by Crippen LogP contribution is -2.07. The van der Waals surface area contributed by atoms with Crippen LogP contribution in [0.3, 0.4) is 0 Å². The minimum absolute atomic E-state index is 0.365. The van der Waals surface area contributed by atoms with Gasteiger partial charge in [-0.15, -0.1) is 0 Å². The molecule has 0 saturated heterocycles. The number of hydrogen-bond donors (Lipinski definition) is 2. The summed E-state index contributed by atoms with van der Waals surface area (Å²) in [5, 5.41) is 6.49. The molecule has 1 atom stereocenters. The monoisotopic (exact) mass is 309 g/mol. The number of ether oxygens (including phenoxy) is 1. The van der Waals surface area contributed by atoms with Gasteiger partial charge in [-0.2, -0.15) is 5.10 Å². The number of nitrogens with two attached hydrogens (primary N) is 1. The summed E-state index contributed by atoms with van der Waals surface area (Å²) in [5.74, 6) is 0.492. The molecule has 18 heavy (non-hydrogen) atoms. The van der Waals surface area contributed by atoms with Crippen LogP contribution in [-0.4, -0.2) is 16.7 Å². The first-order chi connectivity index (χ1) is 8.70. The van der Waals surface area contributed by atoms with Crippen molar-refractivity contribution in [2.45, 2.75) is 12.5 Å². The Morgan fingerprint density at radius 2 is 2.17 bits per heavy atom. The number of halogens is 1. The van der Waals surface area contributed by atoms with Crippen LogP contribution in [0.25, 0.3) is 0 Å². The summed E-state index contributed by atoms with van der Waals surface area (Å²) in [7, 11) is 0. The number of nitrogens with zero attached hydrogens (tertiary/aromatic N) is 1. The van der Waals surface area contributed by atoms with E-state index >= 15 is 0 Å². The number of H-pyrrole nitrogens is 1. The second-order valence-corrected chi connectivity index (χ2v) is 4.70. The third-order valence-electron chi connectivity index (χ3n) is 2.62. The molecule has 0 saturated carbocycles.